The molecular formula is C18H14ClF3N2O3. The number of halogens is 4. The molecule has 3 atom stereocenters. The molecule has 2 aromatic rings. The van der Waals surface area contributed by atoms with Gasteiger partial charge in [-0.1, -0.05) is 41.9 Å². The molecule has 1 fully saturated rings. The van der Waals surface area contributed by atoms with Crippen LogP contribution in [0.3, 0.4) is 0 Å². The molecule has 0 aromatic heterocycles. The SMILES string of the molecule is O=C1N[C@H](c2ccccc2)[C@H](C(=O)c2ccc(Cl)cc2)[C@@](O)(C(F)(F)F)N1. The van der Waals surface area contributed by atoms with Crippen molar-refractivity contribution in [2.24, 2.45) is 5.92 Å². The van der Waals surface area contributed by atoms with Crippen LogP contribution >= 0.6 is 11.6 Å². The number of rotatable bonds is 3. The lowest BCUT2D eigenvalue weighted by molar-refractivity contribution is -0.287. The van der Waals surface area contributed by atoms with Crippen LogP contribution in [0.2, 0.25) is 5.02 Å². The number of aliphatic hydroxyl groups is 1. The van der Waals surface area contributed by atoms with E-state index in [1.54, 1.807) is 18.2 Å². The first-order valence-corrected chi connectivity index (χ1v) is 8.24. The van der Waals surface area contributed by atoms with E-state index in [0.717, 1.165) is 0 Å². The summed E-state index contributed by atoms with van der Waals surface area (Å²) < 4.78 is 41.1. The molecule has 3 N–H and O–H groups in total. The Labute approximate surface area is 157 Å². The predicted molar refractivity (Wildman–Crippen MR) is 91.1 cm³/mol. The van der Waals surface area contributed by atoms with Crippen molar-refractivity contribution in [1.29, 1.82) is 0 Å². The largest absolute Gasteiger partial charge is 0.437 e. The van der Waals surface area contributed by atoms with E-state index in [2.05, 4.69) is 5.32 Å². The minimum absolute atomic E-state index is 0.0778. The lowest BCUT2D eigenvalue weighted by Crippen LogP contribution is -2.72. The molecule has 0 saturated carbocycles. The quantitative estimate of drug-likeness (QED) is 0.693. The molecule has 9 heteroatoms. The highest BCUT2D eigenvalue weighted by molar-refractivity contribution is 6.30. The number of Topliss-reactive ketones (excluding diaryl/α,β-unsaturated/α-hetero) is 1. The van der Waals surface area contributed by atoms with Gasteiger partial charge in [0.15, 0.2) is 5.78 Å². The zero-order valence-electron chi connectivity index (χ0n) is 13.6. The first-order chi connectivity index (χ1) is 12.6. The Kier molecular flexibility index (Phi) is 4.88. The maximum Gasteiger partial charge on any atom is 0.437 e. The standard InChI is InChI=1S/C18H14ClF3N2O3/c19-12-8-6-11(7-9-12)15(25)13-14(10-4-2-1-3-5-10)23-16(26)24-17(13,27)18(20,21)22/h1-9,13-14,27H,(H2,23,24,26)/t13-,14-,17-/m1/s1. The average molecular weight is 399 g/mol. The van der Waals surface area contributed by atoms with Crippen molar-refractivity contribution in [3.63, 3.8) is 0 Å². The number of ketones is 1. The second kappa shape index (κ2) is 6.86. The molecule has 1 heterocycles. The molecule has 1 aliphatic rings. The Bertz CT molecular complexity index is 858. The molecule has 3 rings (SSSR count). The predicted octanol–water partition coefficient (Wildman–Crippen LogP) is 3.44. The van der Waals surface area contributed by atoms with E-state index in [0.29, 0.717) is 5.02 Å². The lowest BCUT2D eigenvalue weighted by atomic mass is 9.77. The molecule has 5 nitrogen and oxygen atoms in total. The molecule has 2 amide bonds. The second-order valence-electron chi connectivity index (χ2n) is 6.10. The van der Waals surface area contributed by atoms with Gasteiger partial charge in [-0.25, -0.2) is 4.79 Å². The van der Waals surface area contributed by atoms with Gasteiger partial charge in [-0.3, -0.25) is 4.79 Å². The fourth-order valence-electron chi connectivity index (χ4n) is 3.07. The van der Waals surface area contributed by atoms with E-state index in [9.17, 15) is 27.9 Å². The van der Waals surface area contributed by atoms with Crippen LogP contribution in [0.15, 0.2) is 54.6 Å². The van der Waals surface area contributed by atoms with Crippen LogP contribution in [0.5, 0.6) is 0 Å². The van der Waals surface area contributed by atoms with Gasteiger partial charge in [-0.15, -0.1) is 0 Å². The van der Waals surface area contributed by atoms with E-state index < -0.39 is 35.7 Å². The second-order valence-corrected chi connectivity index (χ2v) is 6.54. The van der Waals surface area contributed by atoms with Crippen LogP contribution in [-0.2, 0) is 0 Å². The number of hydrogen-bond acceptors (Lipinski definition) is 3. The van der Waals surface area contributed by atoms with Crippen molar-refractivity contribution in [3.8, 4) is 0 Å². The Balaban J connectivity index is 2.15. The first kappa shape index (κ1) is 19.2. The monoisotopic (exact) mass is 398 g/mol. The fraction of sp³-hybridized carbons (Fsp3) is 0.222. The van der Waals surface area contributed by atoms with E-state index in [-0.39, 0.29) is 11.1 Å². The van der Waals surface area contributed by atoms with Gasteiger partial charge in [0.25, 0.3) is 0 Å². The van der Waals surface area contributed by atoms with Gasteiger partial charge < -0.3 is 15.7 Å². The minimum Gasteiger partial charge on any atom is -0.363 e. The van der Waals surface area contributed by atoms with Gasteiger partial charge in [-0.2, -0.15) is 13.2 Å². The van der Waals surface area contributed by atoms with E-state index in [1.165, 1.54) is 41.7 Å². The Morgan fingerprint density at radius 2 is 1.67 bits per heavy atom. The van der Waals surface area contributed by atoms with Crippen molar-refractivity contribution in [3.05, 3.63) is 70.7 Å². The minimum atomic E-state index is -5.29. The first-order valence-electron chi connectivity index (χ1n) is 7.86. The Morgan fingerprint density at radius 1 is 1.07 bits per heavy atom. The highest BCUT2D eigenvalue weighted by Crippen LogP contribution is 2.43. The summed E-state index contributed by atoms with van der Waals surface area (Å²) in [6.45, 7) is 0. The van der Waals surface area contributed by atoms with Crippen LogP contribution in [0.25, 0.3) is 0 Å². The number of carbonyl (C=O) groups excluding carboxylic acids is 2. The normalized spacial score (nSPS) is 25.4. The maximum atomic E-state index is 13.7. The maximum absolute atomic E-state index is 13.7. The van der Waals surface area contributed by atoms with Gasteiger partial charge in [0.2, 0.25) is 5.72 Å². The van der Waals surface area contributed by atoms with E-state index in [1.807, 2.05) is 0 Å². The summed E-state index contributed by atoms with van der Waals surface area (Å²) in [6, 6.07) is 10.3. The number of urea groups is 1. The van der Waals surface area contributed by atoms with Crippen LogP contribution in [-0.4, -0.2) is 28.8 Å². The van der Waals surface area contributed by atoms with Gasteiger partial charge in [0, 0.05) is 10.6 Å². The average Bonchev–Trinajstić information content (AvgIpc) is 2.61. The summed E-state index contributed by atoms with van der Waals surface area (Å²) in [5.41, 5.74) is -3.57. The number of hydrogen-bond donors (Lipinski definition) is 3. The summed E-state index contributed by atoms with van der Waals surface area (Å²) >= 11 is 5.76. The van der Waals surface area contributed by atoms with Gasteiger partial charge in [0.1, 0.15) is 5.92 Å². The van der Waals surface area contributed by atoms with Gasteiger partial charge in [-0.05, 0) is 29.8 Å². The summed E-state index contributed by atoms with van der Waals surface area (Å²) in [6.07, 6.45) is -5.29. The van der Waals surface area contributed by atoms with Crippen LogP contribution in [0.1, 0.15) is 22.0 Å². The lowest BCUT2D eigenvalue weighted by Gasteiger charge is -2.45. The molecule has 1 aliphatic heterocycles. The van der Waals surface area contributed by atoms with Gasteiger partial charge in [0.05, 0.1) is 6.04 Å². The third-order valence-electron chi connectivity index (χ3n) is 4.38. The van der Waals surface area contributed by atoms with Crippen LogP contribution in [0, 0.1) is 5.92 Å². The Hall–Kier alpha value is -2.58. The molecule has 142 valence electrons. The van der Waals surface area contributed by atoms with Gasteiger partial charge >= 0.3 is 12.2 Å². The van der Waals surface area contributed by atoms with E-state index in [4.69, 9.17) is 11.6 Å². The summed E-state index contributed by atoms with van der Waals surface area (Å²) in [5, 5.41) is 14.5. The van der Waals surface area contributed by atoms with Crippen molar-refractivity contribution < 1.29 is 27.9 Å². The van der Waals surface area contributed by atoms with Crippen LogP contribution < -0.4 is 10.6 Å². The number of carbonyl (C=O) groups is 2. The molecule has 27 heavy (non-hydrogen) atoms. The molecule has 2 aromatic carbocycles. The van der Waals surface area contributed by atoms with Crippen molar-refractivity contribution in [1.82, 2.24) is 10.6 Å². The molecule has 1 saturated heterocycles. The van der Waals surface area contributed by atoms with E-state index >= 15 is 0 Å². The summed E-state index contributed by atoms with van der Waals surface area (Å²) in [4.78, 5) is 24.8. The summed E-state index contributed by atoms with van der Waals surface area (Å²) in [5.74, 6) is -3.05. The molecule has 0 aliphatic carbocycles. The number of benzene rings is 2. The zero-order chi connectivity index (χ0) is 19.8. The smallest absolute Gasteiger partial charge is 0.363 e. The van der Waals surface area contributed by atoms with Crippen molar-refractivity contribution >= 4 is 23.4 Å². The molecule has 0 radical (unpaired) electrons. The molecule has 0 spiro atoms. The highest BCUT2D eigenvalue weighted by Gasteiger charge is 2.66. The molecule has 0 unspecified atom stereocenters. The topological polar surface area (TPSA) is 78.4 Å². The fourth-order valence-corrected chi connectivity index (χ4v) is 3.20. The van der Waals surface area contributed by atoms with Crippen molar-refractivity contribution in [2.75, 3.05) is 0 Å². The number of nitrogens with one attached hydrogen (secondary N) is 2. The summed E-state index contributed by atoms with van der Waals surface area (Å²) in [7, 11) is 0. The third-order valence-corrected chi connectivity index (χ3v) is 4.63. The molecule has 0 bridgehead atoms. The number of amides is 2. The number of alkyl halides is 3. The zero-order valence-corrected chi connectivity index (χ0v) is 14.4. The Morgan fingerprint density at radius 3 is 2.22 bits per heavy atom. The highest BCUT2D eigenvalue weighted by atomic mass is 35.5. The third kappa shape index (κ3) is 3.50. The molecular weight excluding hydrogens is 385 g/mol. The van der Waals surface area contributed by atoms with Crippen molar-refractivity contribution in [2.45, 2.75) is 17.9 Å². The van der Waals surface area contributed by atoms with Crippen LogP contribution in [0.4, 0.5) is 18.0 Å².